The summed E-state index contributed by atoms with van der Waals surface area (Å²) in [6, 6.07) is 12.4. The van der Waals surface area contributed by atoms with Gasteiger partial charge in [0.25, 0.3) is 0 Å². The van der Waals surface area contributed by atoms with Crippen LogP contribution in [-0.4, -0.2) is 11.2 Å². The molecule has 0 aliphatic carbocycles. The number of halogens is 1. The SMILES string of the molecule is Cc1cccc(OCCn2c(=O)oc(=O)c3cc(Cl)ccc32)c1. The van der Waals surface area contributed by atoms with E-state index in [1.807, 2.05) is 31.2 Å². The van der Waals surface area contributed by atoms with E-state index in [0.29, 0.717) is 10.5 Å². The molecule has 3 rings (SSSR count). The van der Waals surface area contributed by atoms with Crippen LogP contribution in [0.2, 0.25) is 5.02 Å². The number of rotatable bonds is 4. The molecule has 23 heavy (non-hydrogen) atoms. The zero-order chi connectivity index (χ0) is 16.4. The Labute approximate surface area is 136 Å². The zero-order valence-electron chi connectivity index (χ0n) is 12.4. The van der Waals surface area contributed by atoms with Crippen molar-refractivity contribution >= 4 is 22.5 Å². The van der Waals surface area contributed by atoms with Crippen LogP contribution in [0.5, 0.6) is 5.75 Å². The molecule has 0 N–H and O–H groups in total. The van der Waals surface area contributed by atoms with Crippen LogP contribution >= 0.6 is 11.6 Å². The lowest BCUT2D eigenvalue weighted by atomic mass is 10.2. The third-order valence-electron chi connectivity index (χ3n) is 3.44. The first-order valence-electron chi connectivity index (χ1n) is 7.07. The van der Waals surface area contributed by atoms with Crippen molar-refractivity contribution in [3.63, 3.8) is 0 Å². The molecule has 0 unspecified atom stereocenters. The van der Waals surface area contributed by atoms with E-state index in [-0.39, 0.29) is 18.5 Å². The molecule has 0 radical (unpaired) electrons. The second-order valence-electron chi connectivity index (χ2n) is 5.13. The van der Waals surface area contributed by atoms with Gasteiger partial charge in [0.15, 0.2) is 0 Å². The third kappa shape index (κ3) is 3.29. The second kappa shape index (κ2) is 6.30. The summed E-state index contributed by atoms with van der Waals surface area (Å²) in [5.41, 5.74) is 0.873. The van der Waals surface area contributed by atoms with Crippen LogP contribution in [0.4, 0.5) is 0 Å². The number of ether oxygens (including phenoxy) is 1. The molecule has 0 amide bonds. The molecule has 2 aromatic carbocycles. The molecule has 0 fully saturated rings. The van der Waals surface area contributed by atoms with Gasteiger partial charge in [0.2, 0.25) is 0 Å². The average molecular weight is 332 g/mol. The van der Waals surface area contributed by atoms with Crippen molar-refractivity contribution in [1.29, 1.82) is 0 Å². The van der Waals surface area contributed by atoms with Crippen LogP contribution in [0.1, 0.15) is 5.56 Å². The van der Waals surface area contributed by atoms with Gasteiger partial charge in [-0.3, -0.25) is 4.57 Å². The Morgan fingerprint density at radius 2 is 2.00 bits per heavy atom. The van der Waals surface area contributed by atoms with Crippen molar-refractivity contribution in [2.24, 2.45) is 0 Å². The van der Waals surface area contributed by atoms with Crippen LogP contribution in [0.3, 0.4) is 0 Å². The van der Waals surface area contributed by atoms with Crippen molar-refractivity contribution in [1.82, 2.24) is 4.57 Å². The van der Waals surface area contributed by atoms with E-state index in [2.05, 4.69) is 0 Å². The molecule has 1 aromatic heterocycles. The highest BCUT2D eigenvalue weighted by molar-refractivity contribution is 6.31. The topological polar surface area (TPSA) is 61.4 Å². The molecule has 1 heterocycles. The van der Waals surface area contributed by atoms with E-state index >= 15 is 0 Å². The molecule has 0 saturated carbocycles. The van der Waals surface area contributed by atoms with E-state index in [4.69, 9.17) is 20.8 Å². The summed E-state index contributed by atoms with van der Waals surface area (Å²) in [6.45, 7) is 2.50. The molecule has 0 bridgehead atoms. The summed E-state index contributed by atoms with van der Waals surface area (Å²) in [5, 5.41) is 0.679. The molecule has 3 aromatic rings. The highest BCUT2D eigenvalue weighted by Gasteiger charge is 2.10. The number of hydrogen-bond acceptors (Lipinski definition) is 4. The van der Waals surface area contributed by atoms with Crippen molar-refractivity contribution in [3.8, 4) is 5.75 Å². The number of aromatic nitrogens is 1. The van der Waals surface area contributed by atoms with E-state index in [9.17, 15) is 9.59 Å². The maximum Gasteiger partial charge on any atom is 0.422 e. The summed E-state index contributed by atoms with van der Waals surface area (Å²) in [4.78, 5) is 23.7. The van der Waals surface area contributed by atoms with Gasteiger partial charge in [-0.25, -0.2) is 9.59 Å². The second-order valence-corrected chi connectivity index (χ2v) is 5.57. The lowest BCUT2D eigenvalue weighted by Crippen LogP contribution is -2.27. The van der Waals surface area contributed by atoms with Crippen LogP contribution in [0.25, 0.3) is 10.9 Å². The Balaban J connectivity index is 1.88. The minimum atomic E-state index is -0.710. The van der Waals surface area contributed by atoms with E-state index < -0.39 is 11.4 Å². The summed E-state index contributed by atoms with van der Waals surface area (Å²) in [7, 11) is 0. The number of nitrogens with zero attached hydrogens (tertiary/aromatic N) is 1. The Hall–Kier alpha value is -2.53. The van der Waals surface area contributed by atoms with Gasteiger partial charge < -0.3 is 9.15 Å². The first-order valence-corrected chi connectivity index (χ1v) is 7.45. The molecule has 0 aliphatic heterocycles. The van der Waals surface area contributed by atoms with Crippen molar-refractivity contribution in [2.45, 2.75) is 13.5 Å². The molecule has 0 saturated heterocycles. The van der Waals surface area contributed by atoms with E-state index in [1.165, 1.54) is 10.6 Å². The fourth-order valence-electron chi connectivity index (χ4n) is 2.37. The highest BCUT2D eigenvalue weighted by Crippen LogP contribution is 2.16. The van der Waals surface area contributed by atoms with Gasteiger partial charge in [-0.15, -0.1) is 0 Å². The number of fused-ring (bicyclic) bond motifs is 1. The smallest absolute Gasteiger partial charge is 0.422 e. The third-order valence-corrected chi connectivity index (χ3v) is 3.68. The number of hydrogen-bond donors (Lipinski definition) is 0. The molecule has 0 aliphatic rings. The van der Waals surface area contributed by atoms with Gasteiger partial charge in [-0.2, -0.15) is 0 Å². The zero-order valence-corrected chi connectivity index (χ0v) is 13.2. The normalized spacial score (nSPS) is 10.9. The average Bonchev–Trinajstić information content (AvgIpc) is 2.51. The van der Waals surface area contributed by atoms with E-state index in [0.717, 1.165) is 11.3 Å². The largest absolute Gasteiger partial charge is 0.492 e. The van der Waals surface area contributed by atoms with Crippen molar-refractivity contribution < 1.29 is 9.15 Å². The van der Waals surface area contributed by atoms with Crippen LogP contribution in [0, 0.1) is 6.92 Å². The fourth-order valence-corrected chi connectivity index (χ4v) is 2.54. The molecule has 6 heteroatoms. The predicted octanol–water partition coefficient (Wildman–Crippen LogP) is 3.00. The molecule has 118 valence electrons. The van der Waals surface area contributed by atoms with Crippen molar-refractivity contribution in [3.05, 3.63) is 74.0 Å². The van der Waals surface area contributed by atoms with Gasteiger partial charge in [0, 0.05) is 5.02 Å². The van der Waals surface area contributed by atoms with Gasteiger partial charge >= 0.3 is 11.4 Å². The monoisotopic (exact) mass is 331 g/mol. The Morgan fingerprint density at radius 1 is 1.17 bits per heavy atom. The summed E-state index contributed by atoms with van der Waals surface area (Å²) in [5.74, 6) is 0.0143. The first kappa shape index (κ1) is 15.4. The Kier molecular flexibility index (Phi) is 4.21. The van der Waals surface area contributed by atoms with E-state index in [1.54, 1.807) is 12.1 Å². The Morgan fingerprint density at radius 3 is 2.78 bits per heavy atom. The fraction of sp³-hybridized carbons (Fsp3) is 0.176. The summed E-state index contributed by atoms with van der Waals surface area (Å²) in [6.07, 6.45) is 0. The maximum absolute atomic E-state index is 11.9. The molecule has 0 spiro atoms. The lowest BCUT2D eigenvalue weighted by molar-refractivity contribution is 0.287. The Bertz CT molecular complexity index is 974. The molecular weight excluding hydrogens is 318 g/mol. The molecular formula is C17H14ClNO4. The minimum Gasteiger partial charge on any atom is -0.492 e. The molecule has 5 nitrogen and oxygen atoms in total. The first-order chi connectivity index (χ1) is 11.0. The van der Waals surface area contributed by atoms with Gasteiger partial charge in [0.1, 0.15) is 12.4 Å². The number of aryl methyl sites for hydroxylation is 1. The highest BCUT2D eigenvalue weighted by atomic mass is 35.5. The van der Waals surface area contributed by atoms with Crippen LogP contribution in [-0.2, 0) is 6.54 Å². The van der Waals surface area contributed by atoms with Crippen LogP contribution in [0.15, 0.2) is 56.5 Å². The standard InChI is InChI=1S/C17H14ClNO4/c1-11-3-2-4-13(9-11)22-8-7-19-15-6-5-12(18)10-14(15)16(20)23-17(19)21/h2-6,9-10H,7-8H2,1H3. The lowest BCUT2D eigenvalue weighted by Gasteiger charge is -2.10. The van der Waals surface area contributed by atoms with Gasteiger partial charge in [0.05, 0.1) is 17.4 Å². The maximum atomic E-state index is 11.9. The van der Waals surface area contributed by atoms with Gasteiger partial charge in [-0.05, 0) is 42.8 Å². The predicted molar refractivity (Wildman–Crippen MR) is 88.4 cm³/mol. The minimum absolute atomic E-state index is 0.259. The quantitative estimate of drug-likeness (QED) is 0.737. The summed E-state index contributed by atoms with van der Waals surface area (Å²) >= 11 is 5.89. The molecule has 0 atom stereocenters. The van der Waals surface area contributed by atoms with Crippen molar-refractivity contribution in [2.75, 3.05) is 6.61 Å². The summed E-state index contributed by atoms with van der Waals surface area (Å²) < 4.78 is 11.7. The number of benzene rings is 2. The van der Waals surface area contributed by atoms with Crippen LogP contribution < -0.4 is 16.1 Å². The van der Waals surface area contributed by atoms with Gasteiger partial charge in [-0.1, -0.05) is 23.7 Å².